The topological polar surface area (TPSA) is 102 Å². The van der Waals surface area contributed by atoms with Crippen molar-refractivity contribution in [2.45, 2.75) is 6.42 Å². The standard InChI is InChI=1S/C24H28N4O4/c25-23(29)22-21(17-28(24(22)26-30)19-5-2-1-3-6-19)18-7-9-20(10-8-18)32-14-4-11-27-12-15-31-16-13-27/h1-3,5-10,17,26,30H,4,11-16H2,(H2,25,29). The number of carbonyl (C=O) groups excluding carboxylic acids is 1. The minimum Gasteiger partial charge on any atom is -0.494 e. The molecule has 8 heteroatoms. The normalized spacial score (nSPS) is 14.3. The lowest BCUT2D eigenvalue weighted by Crippen LogP contribution is -2.37. The maximum absolute atomic E-state index is 12.2. The van der Waals surface area contributed by atoms with Crippen LogP contribution >= 0.6 is 0 Å². The number of carbonyl (C=O) groups is 1. The fraction of sp³-hybridized carbons (Fsp3) is 0.292. The fourth-order valence-corrected chi connectivity index (χ4v) is 3.91. The Kier molecular flexibility index (Phi) is 7.06. The fourth-order valence-electron chi connectivity index (χ4n) is 3.91. The quantitative estimate of drug-likeness (QED) is 0.352. The molecule has 1 aliphatic heterocycles. The molecule has 1 aromatic heterocycles. The number of para-hydroxylation sites is 1. The number of primary amides is 1. The summed E-state index contributed by atoms with van der Waals surface area (Å²) in [5.41, 5.74) is 10.2. The molecule has 0 aliphatic carbocycles. The molecule has 4 rings (SSSR count). The SMILES string of the molecule is NC(=O)c1c(-c2ccc(OCCCN3CCOCC3)cc2)cn(-c2ccccc2)c1NO. The second kappa shape index (κ2) is 10.3. The number of anilines is 1. The van der Waals surface area contributed by atoms with E-state index >= 15 is 0 Å². The number of amides is 1. The summed E-state index contributed by atoms with van der Waals surface area (Å²) in [5, 5.41) is 9.72. The van der Waals surface area contributed by atoms with Gasteiger partial charge in [0.25, 0.3) is 5.91 Å². The van der Waals surface area contributed by atoms with Crippen LogP contribution in [-0.2, 0) is 4.74 Å². The first-order chi connectivity index (χ1) is 15.7. The number of morpholine rings is 1. The Morgan fingerprint density at radius 2 is 1.81 bits per heavy atom. The van der Waals surface area contributed by atoms with E-state index in [1.165, 1.54) is 0 Å². The van der Waals surface area contributed by atoms with Crippen molar-refractivity contribution in [3.8, 4) is 22.6 Å². The van der Waals surface area contributed by atoms with Gasteiger partial charge in [0.1, 0.15) is 11.6 Å². The number of aromatic nitrogens is 1. The predicted octanol–water partition coefficient (Wildman–Crippen LogP) is 3.15. The first-order valence-corrected chi connectivity index (χ1v) is 10.7. The highest BCUT2D eigenvalue weighted by atomic mass is 16.5. The van der Waals surface area contributed by atoms with Crippen LogP contribution in [0.2, 0.25) is 0 Å². The summed E-state index contributed by atoms with van der Waals surface area (Å²) >= 11 is 0. The van der Waals surface area contributed by atoms with Gasteiger partial charge in [0.2, 0.25) is 0 Å². The highest BCUT2D eigenvalue weighted by Crippen LogP contribution is 2.34. The average molecular weight is 437 g/mol. The highest BCUT2D eigenvalue weighted by molar-refractivity contribution is 6.05. The Labute approximate surface area is 187 Å². The van der Waals surface area contributed by atoms with E-state index in [4.69, 9.17) is 15.2 Å². The van der Waals surface area contributed by atoms with Gasteiger partial charge in [-0.2, -0.15) is 0 Å². The van der Waals surface area contributed by atoms with Gasteiger partial charge in [0.05, 0.1) is 25.4 Å². The minimum atomic E-state index is -0.630. The van der Waals surface area contributed by atoms with Crippen LogP contribution in [0.1, 0.15) is 16.8 Å². The number of nitrogens with two attached hydrogens (primary N) is 1. The average Bonchev–Trinajstić information content (AvgIpc) is 3.23. The first kappa shape index (κ1) is 21.9. The number of ether oxygens (including phenoxy) is 2. The molecule has 32 heavy (non-hydrogen) atoms. The molecule has 4 N–H and O–H groups in total. The molecule has 0 bridgehead atoms. The van der Waals surface area contributed by atoms with Crippen LogP contribution in [0.4, 0.5) is 5.82 Å². The lowest BCUT2D eigenvalue weighted by molar-refractivity contribution is 0.0358. The highest BCUT2D eigenvalue weighted by Gasteiger charge is 2.22. The van der Waals surface area contributed by atoms with Gasteiger partial charge >= 0.3 is 0 Å². The number of rotatable bonds is 9. The molecule has 0 saturated carbocycles. The van der Waals surface area contributed by atoms with Crippen LogP contribution in [-0.4, -0.2) is 60.0 Å². The maximum Gasteiger partial charge on any atom is 0.253 e. The number of hydrogen-bond donors (Lipinski definition) is 3. The number of hydrogen-bond acceptors (Lipinski definition) is 6. The molecule has 1 fully saturated rings. The molecule has 3 aromatic rings. The van der Waals surface area contributed by atoms with E-state index < -0.39 is 5.91 Å². The van der Waals surface area contributed by atoms with Gasteiger partial charge < -0.3 is 19.8 Å². The van der Waals surface area contributed by atoms with Gasteiger partial charge in [-0.25, -0.2) is 0 Å². The van der Waals surface area contributed by atoms with Crippen LogP contribution in [0, 0.1) is 0 Å². The molecule has 168 valence electrons. The maximum atomic E-state index is 12.2. The zero-order valence-corrected chi connectivity index (χ0v) is 17.9. The molecule has 8 nitrogen and oxygen atoms in total. The first-order valence-electron chi connectivity index (χ1n) is 10.7. The van der Waals surface area contributed by atoms with Gasteiger partial charge in [-0.05, 0) is 36.2 Å². The molecule has 2 aromatic carbocycles. The molecule has 1 saturated heterocycles. The summed E-state index contributed by atoms with van der Waals surface area (Å²) in [6.45, 7) is 5.18. The van der Waals surface area contributed by atoms with E-state index in [2.05, 4.69) is 10.4 Å². The third kappa shape index (κ3) is 4.94. The third-order valence-electron chi connectivity index (χ3n) is 5.55. The van der Waals surface area contributed by atoms with Crippen LogP contribution in [0.15, 0.2) is 60.8 Å². The van der Waals surface area contributed by atoms with Gasteiger partial charge in [0.15, 0.2) is 0 Å². The molecular formula is C24H28N4O4. The molecule has 0 atom stereocenters. The Balaban J connectivity index is 1.48. The second-order valence-electron chi connectivity index (χ2n) is 7.63. The lowest BCUT2D eigenvalue weighted by atomic mass is 10.0. The zero-order chi connectivity index (χ0) is 22.3. The molecular weight excluding hydrogens is 408 g/mol. The summed E-state index contributed by atoms with van der Waals surface area (Å²) in [5.74, 6) is 0.358. The van der Waals surface area contributed by atoms with Crippen molar-refractivity contribution in [2.24, 2.45) is 5.73 Å². The molecule has 0 unspecified atom stereocenters. The van der Waals surface area contributed by atoms with E-state index in [0.717, 1.165) is 56.3 Å². The third-order valence-corrected chi connectivity index (χ3v) is 5.55. The van der Waals surface area contributed by atoms with Gasteiger partial charge in [-0.1, -0.05) is 30.3 Å². The van der Waals surface area contributed by atoms with Crippen molar-refractivity contribution in [1.82, 2.24) is 9.47 Å². The number of nitrogens with zero attached hydrogens (tertiary/aromatic N) is 2. The van der Waals surface area contributed by atoms with Crippen molar-refractivity contribution in [3.63, 3.8) is 0 Å². The summed E-state index contributed by atoms with van der Waals surface area (Å²) in [6, 6.07) is 16.9. The Morgan fingerprint density at radius 3 is 2.47 bits per heavy atom. The van der Waals surface area contributed by atoms with E-state index in [1.807, 2.05) is 54.6 Å². The van der Waals surface area contributed by atoms with Crippen molar-refractivity contribution >= 4 is 11.7 Å². The van der Waals surface area contributed by atoms with Gasteiger partial charge in [-0.15, -0.1) is 0 Å². The second-order valence-corrected chi connectivity index (χ2v) is 7.63. The summed E-state index contributed by atoms with van der Waals surface area (Å²) in [4.78, 5) is 14.6. The van der Waals surface area contributed by atoms with Crippen LogP contribution in [0.25, 0.3) is 16.8 Å². The van der Waals surface area contributed by atoms with E-state index in [0.29, 0.717) is 12.2 Å². The van der Waals surface area contributed by atoms with Crippen LogP contribution < -0.4 is 16.0 Å². The molecule has 1 amide bonds. The zero-order valence-electron chi connectivity index (χ0n) is 17.9. The lowest BCUT2D eigenvalue weighted by Gasteiger charge is -2.26. The number of benzene rings is 2. The predicted molar refractivity (Wildman–Crippen MR) is 123 cm³/mol. The van der Waals surface area contributed by atoms with E-state index in [9.17, 15) is 10.0 Å². The monoisotopic (exact) mass is 436 g/mol. The smallest absolute Gasteiger partial charge is 0.253 e. The molecule has 0 spiro atoms. The Bertz CT molecular complexity index is 1030. The Morgan fingerprint density at radius 1 is 1.09 bits per heavy atom. The molecule has 2 heterocycles. The Hall–Kier alpha value is -3.33. The van der Waals surface area contributed by atoms with E-state index in [-0.39, 0.29) is 11.4 Å². The summed E-state index contributed by atoms with van der Waals surface area (Å²) in [6.07, 6.45) is 2.73. The summed E-state index contributed by atoms with van der Waals surface area (Å²) in [7, 11) is 0. The van der Waals surface area contributed by atoms with Crippen molar-refractivity contribution in [2.75, 3.05) is 44.9 Å². The number of nitrogens with one attached hydrogen (secondary N) is 1. The molecule has 1 aliphatic rings. The molecule has 0 radical (unpaired) electrons. The van der Waals surface area contributed by atoms with Crippen molar-refractivity contribution < 1.29 is 19.5 Å². The van der Waals surface area contributed by atoms with E-state index in [1.54, 1.807) is 10.8 Å². The summed E-state index contributed by atoms with van der Waals surface area (Å²) < 4.78 is 12.9. The van der Waals surface area contributed by atoms with Gasteiger partial charge in [-0.3, -0.25) is 20.4 Å². The minimum absolute atomic E-state index is 0.218. The van der Waals surface area contributed by atoms with Crippen LogP contribution in [0.3, 0.4) is 0 Å². The van der Waals surface area contributed by atoms with Crippen LogP contribution in [0.5, 0.6) is 5.75 Å². The largest absolute Gasteiger partial charge is 0.494 e. The van der Waals surface area contributed by atoms with Crippen molar-refractivity contribution in [1.29, 1.82) is 0 Å². The van der Waals surface area contributed by atoms with Gasteiger partial charge in [0, 0.05) is 37.1 Å². The van der Waals surface area contributed by atoms with Crippen molar-refractivity contribution in [3.05, 3.63) is 66.4 Å².